The predicted octanol–water partition coefficient (Wildman–Crippen LogP) is 1.55. The minimum atomic E-state index is 0.161. The van der Waals surface area contributed by atoms with E-state index in [9.17, 15) is 4.79 Å². The summed E-state index contributed by atoms with van der Waals surface area (Å²) in [6, 6.07) is 0.307. The van der Waals surface area contributed by atoms with E-state index in [2.05, 4.69) is 14.9 Å². The molecule has 1 aliphatic heterocycles. The number of piperidine rings is 1. The van der Waals surface area contributed by atoms with Gasteiger partial charge in [-0.25, -0.2) is 4.98 Å². The number of aromatic nitrogens is 2. The van der Waals surface area contributed by atoms with Crippen molar-refractivity contribution in [1.82, 2.24) is 9.97 Å². The number of hydrogen-bond donors (Lipinski definition) is 0. The number of aldehydes is 1. The largest absolute Gasteiger partial charge is 0.467 e. The van der Waals surface area contributed by atoms with Gasteiger partial charge in [0.2, 0.25) is 0 Å². The molecule has 0 radical (unpaired) electrons. The maximum absolute atomic E-state index is 10.7. The zero-order chi connectivity index (χ0) is 12.3. The average Bonchev–Trinajstić information content (AvgIpc) is 2.39. The van der Waals surface area contributed by atoms with Crippen LogP contribution in [0.15, 0.2) is 6.20 Å². The number of halogens is 1. The number of carbonyl (C=O) groups excluding carboxylic acids is 1. The second kappa shape index (κ2) is 5.31. The Kier molecular flexibility index (Phi) is 3.78. The first-order chi connectivity index (χ1) is 8.24. The van der Waals surface area contributed by atoms with Gasteiger partial charge in [0.15, 0.2) is 5.82 Å². The van der Waals surface area contributed by atoms with E-state index < -0.39 is 0 Å². The van der Waals surface area contributed by atoms with E-state index in [1.54, 1.807) is 0 Å². The average molecular weight is 256 g/mol. The van der Waals surface area contributed by atoms with Crippen molar-refractivity contribution in [2.45, 2.75) is 12.8 Å². The molecule has 1 saturated heterocycles. The fraction of sp³-hybridized carbons (Fsp3) is 0.545. The zero-order valence-electron chi connectivity index (χ0n) is 9.60. The van der Waals surface area contributed by atoms with E-state index in [4.69, 9.17) is 16.3 Å². The summed E-state index contributed by atoms with van der Waals surface area (Å²) in [4.78, 5) is 20.9. The van der Waals surface area contributed by atoms with Crippen LogP contribution in [-0.2, 0) is 4.79 Å². The standard InChI is InChI=1S/C11H14ClN3O2/c1-17-11-13-6-9(12)10(14-11)15-4-2-8(7-16)3-5-15/h6-8H,2-5H2,1H3. The van der Waals surface area contributed by atoms with Gasteiger partial charge in [-0.15, -0.1) is 0 Å². The predicted molar refractivity (Wildman–Crippen MR) is 64.6 cm³/mol. The minimum absolute atomic E-state index is 0.161. The first-order valence-corrected chi connectivity index (χ1v) is 5.89. The van der Waals surface area contributed by atoms with Gasteiger partial charge in [-0.3, -0.25) is 0 Å². The van der Waals surface area contributed by atoms with Crippen LogP contribution in [0.3, 0.4) is 0 Å². The van der Waals surface area contributed by atoms with Crippen LogP contribution in [0.5, 0.6) is 6.01 Å². The Morgan fingerprint density at radius 3 is 2.82 bits per heavy atom. The van der Waals surface area contributed by atoms with Crippen LogP contribution in [0.2, 0.25) is 5.02 Å². The van der Waals surface area contributed by atoms with Crippen molar-refractivity contribution < 1.29 is 9.53 Å². The molecule has 92 valence electrons. The highest BCUT2D eigenvalue weighted by molar-refractivity contribution is 6.32. The van der Waals surface area contributed by atoms with Crippen molar-refractivity contribution in [3.8, 4) is 6.01 Å². The van der Waals surface area contributed by atoms with E-state index in [-0.39, 0.29) is 5.92 Å². The molecule has 0 saturated carbocycles. The molecule has 17 heavy (non-hydrogen) atoms. The number of hydrogen-bond acceptors (Lipinski definition) is 5. The molecule has 0 spiro atoms. The van der Waals surface area contributed by atoms with Crippen molar-refractivity contribution in [1.29, 1.82) is 0 Å². The highest BCUT2D eigenvalue weighted by Gasteiger charge is 2.21. The highest BCUT2D eigenvalue weighted by atomic mass is 35.5. The quantitative estimate of drug-likeness (QED) is 0.767. The Hall–Kier alpha value is -1.36. The lowest BCUT2D eigenvalue weighted by atomic mass is 9.99. The summed E-state index contributed by atoms with van der Waals surface area (Å²) in [6.07, 6.45) is 4.24. The SMILES string of the molecule is COc1ncc(Cl)c(N2CCC(C=O)CC2)n1. The van der Waals surface area contributed by atoms with Crippen molar-refractivity contribution in [3.63, 3.8) is 0 Å². The number of methoxy groups -OCH3 is 1. The van der Waals surface area contributed by atoms with Crippen LogP contribution in [0.4, 0.5) is 5.82 Å². The first kappa shape index (κ1) is 12.1. The lowest BCUT2D eigenvalue weighted by Crippen LogP contribution is -2.34. The van der Waals surface area contributed by atoms with Gasteiger partial charge in [0.25, 0.3) is 0 Å². The van der Waals surface area contributed by atoms with Crippen LogP contribution in [0.1, 0.15) is 12.8 Å². The molecule has 1 fully saturated rings. The normalized spacial score (nSPS) is 16.9. The molecule has 2 rings (SSSR count). The summed E-state index contributed by atoms with van der Waals surface area (Å²) in [7, 11) is 1.52. The number of anilines is 1. The molecule has 0 amide bonds. The Morgan fingerprint density at radius 1 is 1.53 bits per heavy atom. The van der Waals surface area contributed by atoms with Gasteiger partial charge in [-0.2, -0.15) is 4.98 Å². The summed E-state index contributed by atoms with van der Waals surface area (Å²) in [6.45, 7) is 1.56. The molecular formula is C11H14ClN3O2. The molecule has 1 aromatic rings. The molecule has 2 heterocycles. The van der Waals surface area contributed by atoms with Crippen LogP contribution in [-0.4, -0.2) is 36.5 Å². The van der Waals surface area contributed by atoms with Gasteiger partial charge < -0.3 is 14.4 Å². The van der Waals surface area contributed by atoms with Crippen LogP contribution >= 0.6 is 11.6 Å². The highest BCUT2D eigenvalue weighted by Crippen LogP contribution is 2.28. The molecule has 6 heteroatoms. The summed E-state index contributed by atoms with van der Waals surface area (Å²) in [5, 5.41) is 0.510. The van der Waals surface area contributed by atoms with Crippen molar-refractivity contribution >= 4 is 23.7 Å². The molecule has 0 N–H and O–H groups in total. The second-order valence-electron chi connectivity index (χ2n) is 3.99. The van der Waals surface area contributed by atoms with E-state index >= 15 is 0 Å². The maximum Gasteiger partial charge on any atom is 0.318 e. The zero-order valence-corrected chi connectivity index (χ0v) is 10.4. The Balaban J connectivity index is 2.14. The van der Waals surface area contributed by atoms with E-state index in [0.29, 0.717) is 16.9 Å². The Bertz CT molecular complexity index is 406. The number of ether oxygens (including phenoxy) is 1. The van der Waals surface area contributed by atoms with Gasteiger partial charge in [0.1, 0.15) is 11.3 Å². The van der Waals surface area contributed by atoms with Crippen molar-refractivity contribution in [3.05, 3.63) is 11.2 Å². The third-order valence-corrected chi connectivity index (χ3v) is 3.18. The Labute approximate surface area is 105 Å². The third-order valence-electron chi connectivity index (χ3n) is 2.92. The number of nitrogens with zero attached hydrogens (tertiary/aromatic N) is 3. The van der Waals surface area contributed by atoms with Crippen molar-refractivity contribution in [2.75, 3.05) is 25.1 Å². The number of rotatable bonds is 3. The fourth-order valence-electron chi connectivity index (χ4n) is 1.91. The van der Waals surface area contributed by atoms with Gasteiger partial charge in [-0.1, -0.05) is 11.6 Å². The molecule has 0 bridgehead atoms. The minimum Gasteiger partial charge on any atom is -0.467 e. The molecular weight excluding hydrogens is 242 g/mol. The van der Waals surface area contributed by atoms with E-state index in [1.807, 2.05) is 0 Å². The van der Waals surface area contributed by atoms with Gasteiger partial charge >= 0.3 is 6.01 Å². The van der Waals surface area contributed by atoms with Crippen molar-refractivity contribution in [2.24, 2.45) is 5.92 Å². The molecule has 0 aromatic carbocycles. The first-order valence-electron chi connectivity index (χ1n) is 5.51. The van der Waals surface area contributed by atoms with Crippen LogP contribution in [0.25, 0.3) is 0 Å². The smallest absolute Gasteiger partial charge is 0.318 e. The van der Waals surface area contributed by atoms with E-state index in [1.165, 1.54) is 13.3 Å². The van der Waals surface area contributed by atoms with Crippen LogP contribution < -0.4 is 9.64 Å². The lowest BCUT2D eigenvalue weighted by Gasteiger charge is -2.30. The molecule has 5 nitrogen and oxygen atoms in total. The molecule has 0 atom stereocenters. The molecule has 0 aliphatic carbocycles. The van der Waals surface area contributed by atoms with Crippen LogP contribution in [0, 0.1) is 5.92 Å². The third kappa shape index (κ3) is 2.66. The summed E-state index contributed by atoms with van der Waals surface area (Å²) >= 11 is 6.07. The Morgan fingerprint density at radius 2 is 2.24 bits per heavy atom. The second-order valence-corrected chi connectivity index (χ2v) is 4.40. The van der Waals surface area contributed by atoms with Gasteiger partial charge in [-0.05, 0) is 12.8 Å². The van der Waals surface area contributed by atoms with Gasteiger partial charge in [0.05, 0.1) is 13.3 Å². The fourth-order valence-corrected chi connectivity index (χ4v) is 2.12. The summed E-state index contributed by atoms with van der Waals surface area (Å²) in [5.74, 6) is 0.844. The topological polar surface area (TPSA) is 55.3 Å². The molecule has 1 aliphatic rings. The monoisotopic (exact) mass is 255 g/mol. The summed E-state index contributed by atoms with van der Waals surface area (Å²) < 4.78 is 4.98. The molecule has 1 aromatic heterocycles. The summed E-state index contributed by atoms with van der Waals surface area (Å²) in [5.41, 5.74) is 0. The molecule has 0 unspecified atom stereocenters. The lowest BCUT2D eigenvalue weighted by molar-refractivity contribution is -0.111. The maximum atomic E-state index is 10.7. The number of carbonyl (C=O) groups is 1. The van der Waals surface area contributed by atoms with E-state index in [0.717, 1.165) is 32.2 Å². The van der Waals surface area contributed by atoms with Gasteiger partial charge in [0, 0.05) is 19.0 Å².